The maximum Gasteiger partial charge on any atom is 0.265 e. The number of furan rings is 1. The van der Waals surface area contributed by atoms with Gasteiger partial charge in [0.1, 0.15) is 23.6 Å². The van der Waals surface area contributed by atoms with Gasteiger partial charge in [0.15, 0.2) is 0 Å². The normalized spacial score (nSPS) is 16.4. The first-order chi connectivity index (χ1) is 20.2. The Balaban J connectivity index is 1.32. The van der Waals surface area contributed by atoms with Crippen LogP contribution in [0.1, 0.15) is 33.7 Å². The highest BCUT2D eigenvalue weighted by atomic mass is 32.2. The second-order valence-electron chi connectivity index (χ2n) is 10.6. The Hall–Kier alpha value is -4.31. The molecule has 220 valence electrons. The number of amides is 1. The quantitative estimate of drug-likeness (QED) is 0.362. The average molecular weight is 589 g/mol. The first-order valence-electron chi connectivity index (χ1n) is 13.9. The molecule has 1 atom stereocenters. The third kappa shape index (κ3) is 6.13. The molecule has 1 amide bonds. The number of amidine groups is 1. The van der Waals surface area contributed by atoms with Crippen LogP contribution in [0.4, 0.5) is 5.69 Å². The molecule has 2 aliphatic rings. The molecule has 1 aliphatic carbocycles. The Morgan fingerprint density at radius 1 is 1.14 bits per heavy atom. The van der Waals surface area contributed by atoms with Gasteiger partial charge in [-0.25, -0.2) is 8.42 Å². The van der Waals surface area contributed by atoms with Crippen molar-refractivity contribution in [3.63, 3.8) is 0 Å². The zero-order valence-corrected chi connectivity index (χ0v) is 25.1. The fourth-order valence-corrected chi connectivity index (χ4v) is 7.24. The van der Waals surface area contributed by atoms with E-state index in [4.69, 9.17) is 9.15 Å². The highest BCUT2D eigenvalue weighted by Crippen LogP contribution is 2.32. The van der Waals surface area contributed by atoms with Gasteiger partial charge < -0.3 is 19.4 Å². The molecule has 0 saturated heterocycles. The summed E-state index contributed by atoms with van der Waals surface area (Å²) >= 11 is 0. The lowest BCUT2D eigenvalue weighted by atomic mass is 9.95. The number of ether oxygens (including phenoxy) is 1. The molecule has 9 nitrogen and oxygen atoms in total. The van der Waals surface area contributed by atoms with E-state index in [-0.39, 0.29) is 23.3 Å². The lowest BCUT2D eigenvalue weighted by Crippen LogP contribution is -2.32. The number of allylic oxidation sites excluding steroid dienone is 1. The van der Waals surface area contributed by atoms with Crippen LogP contribution in [0.5, 0.6) is 5.75 Å². The molecular weight excluding hydrogens is 552 g/mol. The third-order valence-corrected chi connectivity index (χ3v) is 9.53. The molecule has 0 fully saturated rings. The van der Waals surface area contributed by atoms with E-state index in [1.807, 2.05) is 6.07 Å². The predicted octanol–water partition coefficient (Wildman–Crippen LogP) is 4.88. The molecule has 10 heteroatoms. The number of hydrogen-bond acceptors (Lipinski definition) is 7. The van der Waals surface area contributed by atoms with Gasteiger partial charge in [-0.15, -0.1) is 0 Å². The summed E-state index contributed by atoms with van der Waals surface area (Å²) in [5, 5.41) is 3.29. The van der Waals surface area contributed by atoms with Crippen LogP contribution in [0.2, 0.25) is 0 Å². The maximum atomic E-state index is 14.1. The van der Waals surface area contributed by atoms with Crippen LogP contribution >= 0.6 is 0 Å². The fourth-order valence-electron chi connectivity index (χ4n) is 5.39. The maximum absolute atomic E-state index is 14.1. The molecule has 1 N–H and O–H groups in total. The molecule has 0 bridgehead atoms. The Kier molecular flexibility index (Phi) is 8.54. The van der Waals surface area contributed by atoms with Gasteiger partial charge in [0, 0.05) is 25.7 Å². The van der Waals surface area contributed by atoms with Gasteiger partial charge in [-0.1, -0.05) is 36.4 Å². The minimum Gasteiger partial charge on any atom is -0.497 e. The van der Waals surface area contributed by atoms with Crippen molar-refractivity contribution in [3.8, 4) is 5.75 Å². The average Bonchev–Trinajstić information content (AvgIpc) is 3.69. The van der Waals surface area contributed by atoms with Crippen LogP contribution < -0.4 is 14.4 Å². The molecule has 42 heavy (non-hydrogen) atoms. The summed E-state index contributed by atoms with van der Waals surface area (Å²) in [6, 6.07) is 13.9. The molecule has 3 aromatic rings. The predicted molar refractivity (Wildman–Crippen MR) is 164 cm³/mol. The number of carbonyl (C=O) groups is 1. The fraction of sp³-hybridized carbons (Fsp3) is 0.312. The van der Waals surface area contributed by atoms with Gasteiger partial charge in [-0.05, 0) is 67.6 Å². The van der Waals surface area contributed by atoms with Gasteiger partial charge in [0.05, 0.1) is 36.3 Å². The summed E-state index contributed by atoms with van der Waals surface area (Å²) in [5.74, 6) is 1.88. The molecule has 1 aliphatic heterocycles. The van der Waals surface area contributed by atoms with Crippen LogP contribution in [0.25, 0.3) is 0 Å². The molecule has 2 aromatic carbocycles. The molecule has 5 rings (SSSR count). The van der Waals surface area contributed by atoms with E-state index in [2.05, 4.69) is 28.5 Å². The largest absolute Gasteiger partial charge is 0.497 e. The Bertz CT molecular complexity index is 1630. The summed E-state index contributed by atoms with van der Waals surface area (Å²) < 4.78 is 40.6. The molecule has 1 aromatic heterocycles. The third-order valence-electron chi connectivity index (χ3n) is 7.45. The van der Waals surface area contributed by atoms with Crippen molar-refractivity contribution in [1.29, 1.82) is 0 Å². The van der Waals surface area contributed by atoms with E-state index in [1.165, 1.54) is 10.6 Å². The minimum atomic E-state index is -4.00. The van der Waals surface area contributed by atoms with Crippen LogP contribution in [0, 0.1) is 19.8 Å². The number of sulfonamides is 1. The summed E-state index contributed by atoms with van der Waals surface area (Å²) in [7, 11) is -0.684. The van der Waals surface area contributed by atoms with Crippen molar-refractivity contribution >= 4 is 27.5 Å². The zero-order chi connectivity index (χ0) is 29.9. The van der Waals surface area contributed by atoms with Crippen molar-refractivity contribution in [2.24, 2.45) is 10.9 Å². The van der Waals surface area contributed by atoms with Gasteiger partial charge in [0.25, 0.3) is 15.9 Å². The first-order valence-corrected chi connectivity index (χ1v) is 15.3. The number of anilines is 1. The van der Waals surface area contributed by atoms with Crippen molar-refractivity contribution < 1.29 is 22.4 Å². The number of nitrogens with one attached hydrogen (secondary N) is 1. The summed E-state index contributed by atoms with van der Waals surface area (Å²) in [4.78, 5) is 19.6. The van der Waals surface area contributed by atoms with Crippen molar-refractivity contribution in [2.45, 2.75) is 31.7 Å². The summed E-state index contributed by atoms with van der Waals surface area (Å²) in [5.41, 5.74) is 3.11. The molecule has 0 saturated carbocycles. The number of methoxy groups -OCH3 is 1. The number of aryl methyl sites for hydroxylation is 2. The highest BCUT2D eigenvalue weighted by molar-refractivity contribution is 7.92. The van der Waals surface area contributed by atoms with Gasteiger partial charge in [0.2, 0.25) is 0 Å². The Morgan fingerprint density at radius 3 is 2.50 bits per heavy atom. The monoisotopic (exact) mass is 588 g/mol. The van der Waals surface area contributed by atoms with E-state index in [1.54, 1.807) is 75.4 Å². The standard InChI is InChI=1S/C32H36N4O5S/c1-22-16-28(40-4)17-23(2)30(22)42(38,39)36(27-8-6-5-7-9-27)20-29-18-26(21-41-29)32(37)35(3)19-24-10-12-25(13-11-24)31-33-14-15-34-31/h5-10,12-13,16-18,21,24H,11,14-15,19-20H2,1-4H3,(H,33,34). The van der Waals surface area contributed by atoms with Crippen LogP contribution in [0.3, 0.4) is 0 Å². The van der Waals surface area contributed by atoms with E-state index in [9.17, 15) is 13.2 Å². The zero-order valence-electron chi connectivity index (χ0n) is 24.3. The summed E-state index contributed by atoms with van der Waals surface area (Å²) in [6.07, 6.45) is 8.54. The van der Waals surface area contributed by atoms with Gasteiger partial charge in [-0.2, -0.15) is 0 Å². The second-order valence-corrected chi connectivity index (χ2v) is 12.4. The molecule has 1 unspecified atom stereocenters. The summed E-state index contributed by atoms with van der Waals surface area (Å²) in [6.45, 7) is 5.63. The number of rotatable bonds is 10. The number of carbonyl (C=O) groups excluding carboxylic acids is 1. The van der Waals surface area contributed by atoms with E-state index >= 15 is 0 Å². The number of benzene rings is 2. The molecule has 0 spiro atoms. The number of hydrogen-bond donors (Lipinski definition) is 1. The molecule has 0 radical (unpaired) electrons. The van der Waals surface area contributed by atoms with Crippen LogP contribution in [-0.4, -0.2) is 58.9 Å². The van der Waals surface area contributed by atoms with E-state index in [0.29, 0.717) is 40.4 Å². The smallest absolute Gasteiger partial charge is 0.265 e. The number of nitrogens with zero attached hydrogens (tertiary/aromatic N) is 3. The first kappa shape index (κ1) is 29.2. The van der Waals surface area contributed by atoms with E-state index in [0.717, 1.165) is 30.9 Å². The lowest BCUT2D eigenvalue weighted by molar-refractivity contribution is 0.0780. The van der Waals surface area contributed by atoms with Crippen molar-refractivity contribution in [3.05, 3.63) is 101 Å². The number of aliphatic imine (C=N–C) groups is 1. The van der Waals surface area contributed by atoms with Crippen molar-refractivity contribution in [1.82, 2.24) is 10.2 Å². The Labute approximate surface area is 247 Å². The van der Waals surface area contributed by atoms with Gasteiger partial charge in [-0.3, -0.25) is 14.1 Å². The van der Waals surface area contributed by atoms with Crippen LogP contribution in [-0.2, 0) is 16.6 Å². The van der Waals surface area contributed by atoms with Gasteiger partial charge >= 0.3 is 0 Å². The Morgan fingerprint density at radius 2 is 1.88 bits per heavy atom. The molecule has 2 heterocycles. The lowest BCUT2D eigenvalue weighted by Gasteiger charge is -2.25. The second kappa shape index (κ2) is 12.3. The molecular formula is C32H36N4O5S. The number of para-hydroxylation sites is 1. The SMILES string of the molecule is COc1cc(C)c(S(=O)(=O)N(Cc2cc(C(=O)N(C)CC3C=CC(C4=NCCN4)=CC3)co2)c2ccccc2)c(C)c1. The highest BCUT2D eigenvalue weighted by Gasteiger charge is 2.30. The van der Waals surface area contributed by atoms with Crippen LogP contribution in [0.15, 0.2) is 92.9 Å². The minimum absolute atomic E-state index is 0.0783. The van der Waals surface area contributed by atoms with E-state index < -0.39 is 10.0 Å². The van der Waals surface area contributed by atoms with Crippen molar-refractivity contribution in [2.75, 3.05) is 38.1 Å². The topological polar surface area (TPSA) is 104 Å².